The number of benzene rings is 1. The van der Waals surface area contributed by atoms with E-state index in [9.17, 15) is 5.11 Å². The highest BCUT2D eigenvalue weighted by molar-refractivity contribution is 5.52. The van der Waals surface area contributed by atoms with Crippen molar-refractivity contribution in [1.82, 2.24) is 0 Å². The van der Waals surface area contributed by atoms with Crippen LogP contribution in [0, 0.1) is 0 Å². The van der Waals surface area contributed by atoms with E-state index in [1.807, 2.05) is 26.0 Å². The van der Waals surface area contributed by atoms with Crippen LogP contribution in [-0.2, 0) is 16.8 Å². The molecule has 0 saturated carbocycles. The third-order valence-electron chi connectivity index (χ3n) is 3.06. The van der Waals surface area contributed by atoms with Crippen molar-refractivity contribution < 1.29 is 19.3 Å². The van der Waals surface area contributed by atoms with Gasteiger partial charge in [0, 0.05) is 18.1 Å². The van der Waals surface area contributed by atoms with Gasteiger partial charge in [-0.2, -0.15) is 0 Å². The molecule has 1 aromatic carbocycles. The average molecular weight is 254 g/mol. The minimum atomic E-state index is -0.354. The maximum Gasteiger partial charge on any atom is 0.166 e. The summed E-state index contributed by atoms with van der Waals surface area (Å²) >= 11 is 0. The maximum absolute atomic E-state index is 9.52. The van der Waals surface area contributed by atoms with Crippen molar-refractivity contribution in [1.29, 1.82) is 0 Å². The Morgan fingerprint density at radius 3 is 2.22 bits per heavy atom. The largest absolute Gasteiger partial charge is 0.493 e. The molecule has 0 fully saturated rings. The first-order valence-electron chi connectivity index (χ1n) is 5.86. The van der Waals surface area contributed by atoms with Gasteiger partial charge in [-0.05, 0) is 11.6 Å². The van der Waals surface area contributed by atoms with Crippen molar-refractivity contribution in [3.05, 3.63) is 23.3 Å². The first kappa shape index (κ1) is 14.8. The average Bonchev–Trinajstić information content (AvgIpc) is 2.38. The highest BCUT2D eigenvalue weighted by atomic mass is 16.5. The van der Waals surface area contributed by atoms with Crippen LogP contribution in [0.3, 0.4) is 0 Å². The lowest BCUT2D eigenvalue weighted by Gasteiger charge is -2.27. The van der Waals surface area contributed by atoms with Crippen molar-refractivity contribution in [3.63, 3.8) is 0 Å². The lowest BCUT2D eigenvalue weighted by Crippen LogP contribution is -2.24. The van der Waals surface area contributed by atoms with Gasteiger partial charge in [-0.3, -0.25) is 0 Å². The molecular weight excluding hydrogens is 232 g/mol. The monoisotopic (exact) mass is 254 g/mol. The molecule has 0 aliphatic rings. The Balaban J connectivity index is 3.43. The van der Waals surface area contributed by atoms with E-state index in [2.05, 4.69) is 0 Å². The van der Waals surface area contributed by atoms with E-state index in [4.69, 9.17) is 14.2 Å². The molecule has 4 heteroatoms. The van der Waals surface area contributed by atoms with Crippen molar-refractivity contribution in [3.8, 4) is 11.5 Å². The van der Waals surface area contributed by atoms with Crippen LogP contribution in [0.5, 0.6) is 11.5 Å². The second-order valence-corrected chi connectivity index (χ2v) is 4.80. The SMILES string of the molecule is COCc1c(C(C)(C)CO)ccc(OC)c1OC. The second kappa shape index (κ2) is 6.07. The normalized spacial score (nSPS) is 11.4. The van der Waals surface area contributed by atoms with E-state index in [1.54, 1.807) is 21.3 Å². The molecular formula is C14H22O4. The number of ether oxygens (including phenoxy) is 3. The zero-order chi connectivity index (χ0) is 13.8. The van der Waals surface area contributed by atoms with Crippen molar-refractivity contribution in [2.75, 3.05) is 27.9 Å². The second-order valence-electron chi connectivity index (χ2n) is 4.80. The van der Waals surface area contributed by atoms with Gasteiger partial charge in [0.15, 0.2) is 11.5 Å². The van der Waals surface area contributed by atoms with Gasteiger partial charge in [-0.1, -0.05) is 19.9 Å². The van der Waals surface area contributed by atoms with Crippen LogP contribution < -0.4 is 9.47 Å². The molecule has 1 aromatic rings. The third-order valence-corrected chi connectivity index (χ3v) is 3.06. The number of hydrogen-bond acceptors (Lipinski definition) is 4. The third kappa shape index (κ3) is 2.76. The van der Waals surface area contributed by atoms with Gasteiger partial charge in [0.2, 0.25) is 0 Å². The van der Waals surface area contributed by atoms with Crippen LogP contribution in [0.1, 0.15) is 25.0 Å². The highest BCUT2D eigenvalue weighted by Crippen LogP contribution is 2.38. The Morgan fingerprint density at radius 2 is 1.78 bits per heavy atom. The van der Waals surface area contributed by atoms with E-state index in [0.717, 1.165) is 11.1 Å². The van der Waals surface area contributed by atoms with Gasteiger partial charge >= 0.3 is 0 Å². The molecule has 0 heterocycles. The minimum Gasteiger partial charge on any atom is -0.493 e. The quantitative estimate of drug-likeness (QED) is 0.844. The molecule has 0 bridgehead atoms. The Morgan fingerprint density at radius 1 is 1.11 bits per heavy atom. The van der Waals surface area contributed by atoms with Gasteiger partial charge in [-0.15, -0.1) is 0 Å². The van der Waals surface area contributed by atoms with Crippen molar-refractivity contribution >= 4 is 0 Å². The van der Waals surface area contributed by atoms with Gasteiger partial charge in [0.05, 0.1) is 27.4 Å². The van der Waals surface area contributed by atoms with Crippen LogP contribution >= 0.6 is 0 Å². The highest BCUT2D eigenvalue weighted by Gasteiger charge is 2.26. The smallest absolute Gasteiger partial charge is 0.166 e. The summed E-state index contributed by atoms with van der Waals surface area (Å²) in [5, 5.41) is 9.52. The van der Waals surface area contributed by atoms with Crippen LogP contribution in [0.15, 0.2) is 12.1 Å². The molecule has 0 spiro atoms. The minimum absolute atomic E-state index is 0.0548. The topological polar surface area (TPSA) is 47.9 Å². The molecule has 1 N–H and O–H groups in total. The zero-order valence-corrected chi connectivity index (χ0v) is 11.7. The molecule has 0 atom stereocenters. The Labute approximate surface area is 108 Å². The lowest BCUT2D eigenvalue weighted by atomic mass is 9.82. The number of methoxy groups -OCH3 is 3. The van der Waals surface area contributed by atoms with E-state index >= 15 is 0 Å². The zero-order valence-electron chi connectivity index (χ0n) is 11.7. The van der Waals surface area contributed by atoms with Gasteiger partial charge in [0.25, 0.3) is 0 Å². The summed E-state index contributed by atoms with van der Waals surface area (Å²) in [7, 11) is 4.84. The molecule has 0 radical (unpaired) electrons. The Bertz CT molecular complexity index is 399. The molecule has 1 rings (SSSR count). The fraction of sp³-hybridized carbons (Fsp3) is 0.571. The van der Waals surface area contributed by atoms with Crippen LogP contribution in [0.4, 0.5) is 0 Å². The molecule has 0 aliphatic carbocycles. The van der Waals surface area contributed by atoms with Gasteiger partial charge in [0.1, 0.15) is 0 Å². The first-order chi connectivity index (χ1) is 8.51. The molecule has 0 aliphatic heterocycles. The number of rotatable bonds is 6. The summed E-state index contributed by atoms with van der Waals surface area (Å²) in [6.07, 6.45) is 0. The number of hydrogen-bond donors (Lipinski definition) is 1. The summed E-state index contributed by atoms with van der Waals surface area (Å²) < 4.78 is 15.9. The van der Waals surface area contributed by atoms with E-state index < -0.39 is 0 Å². The lowest BCUT2D eigenvalue weighted by molar-refractivity contribution is 0.174. The number of aliphatic hydroxyl groups excluding tert-OH is 1. The molecule has 102 valence electrons. The number of aliphatic hydroxyl groups is 1. The van der Waals surface area contributed by atoms with E-state index in [-0.39, 0.29) is 12.0 Å². The maximum atomic E-state index is 9.52. The standard InChI is InChI=1S/C14H22O4/c1-14(2,9-15)11-6-7-12(17-4)13(18-5)10(11)8-16-3/h6-7,15H,8-9H2,1-5H3. The summed E-state index contributed by atoms with van der Waals surface area (Å²) in [5.41, 5.74) is 1.57. The van der Waals surface area contributed by atoms with E-state index in [0.29, 0.717) is 18.1 Å². The molecule has 18 heavy (non-hydrogen) atoms. The summed E-state index contributed by atoms with van der Waals surface area (Å²) in [4.78, 5) is 0. The molecule has 4 nitrogen and oxygen atoms in total. The predicted octanol–water partition coefficient (Wildman–Crippen LogP) is 2.12. The van der Waals surface area contributed by atoms with Gasteiger partial charge < -0.3 is 19.3 Å². The molecule has 0 aromatic heterocycles. The van der Waals surface area contributed by atoms with Crippen LogP contribution in [-0.4, -0.2) is 33.0 Å². The predicted molar refractivity (Wildman–Crippen MR) is 70.4 cm³/mol. The van der Waals surface area contributed by atoms with Crippen LogP contribution in [0.2, 0.25) is 0 Å². The molecule has 0 saturated heterocycles. The molecule has 0 unspecified atom stereocenters. The Kier molecular flexibility index (Phi) is 4.99. The van der Waals surface area contributed by atoms with E-state index in [1.165, 1.54) is 0 Å². The van der Waals surface area contributed by atoms with Crippen molar-refractivity contribution in [2.45, 2.75) is 25.9 Å². The fourth-order valence-electron chi connectivity index (χ4n) is 2.00. The fourth-order valence-corrected chi connectivity index (χ4v) is 2.00. The van der Waals surface area contributed by atoms with Gasteiger partial charge in [-0.25, -0.2) is 0 Å². The van der Waals surface area contributed by atoms with Crippen molar-refractivity contribution in [2.24, 2.45) is 0 Å². The Hall–Kier alpha value is -1.26. The first-order valence-corrected chi connectivity index (χ1v) is 5.86. The van der Waals surface area contributed by atoms with Crippen LogP contribution in [0.25, 0.3) is 0 Å². The molecule has 0 amide bonds. The summed E-state index contributed by atoms with van der Waals surface area (Å²) in [6.45, 7) is 4.43. The summed E-state index contributed by atoms with van der Waals surface area (Å²) in [6, 6.07) is 3.80. The summed E-state index contributed by atoms with van der Waals surface area (Å²) in [5.74, 6) is 1.33.